The topological polar surface area (TPSA) is 30.2 Å². The quantitative estimate of drug-likeness (QED) is 0.177. The van der Waals surface area contributed by atoms with Gasteiger partial charge in [-0.25, -0.2) is 9.97 Å². The van der Waals surface area contributed by atoms with E-state index in [0.29, 0.717) is 0 Å². The molecule has 0 amide bonds. The molecule has 0 aliphatic heterocycles. The Morgan fingerprint density at radius 3 is 2.08 bits per heavy atom. The van der Waals surface area contributed by atoms with Gasteiger partial charge in [0.05, 0.1) is 27.8 Å². The highest BCUT2D eigenvalue weighted by atomic mass is 14.9. The number of para-hydroxylation sites is 2. The first kappa shape index (κ1) is 20.7. The Balaban J connectivity index is 1.40. The molecule has 0 atom stereocenters. The van der Waals surface area contributed by atoms with Gasteiger partial charge in [0, 0.05) is 38.1 Å². The van der Waals surface area contributed by atoms with E-state index in [1.165, 1.54) is 48.9 Å². The van der Waals surface area contributed by atoms with E-state index in [2.05, 4.69) is 120 Å². The Labute approximate surface area is 223 Å². The first-order valence-electron chi connectivity index (χ1n) is 13.3. The van der Waals surface area contributed by atoms with Crippen LogP contribution in [0.4, 0.5) is 0 Å². The van der Waals surface area contributed by atoms with Crippen molar-refractivity contribution in [2.45, 2.75) is 0 Å². The average Bonchev–Trinajstić information content (AvgIpc) is 3.34. The SMILES string of the molecule is c1ccc(-c2nc(-c3ccc4c5cccc6c7cccc8cccc(c87)n(c4c3)c65)nc3ccccc23)cc1. The molecule has 6 aromatic carbocycles. The highest BCUT2D eigenvalue weighted by Gasteiger charge is 2.18. The number of benzene rings is 6. The van der Waals surface area contributed by atoms with E-state index in [4.69, 9.17) is 9.97 Å². The summed E-state index contributed by atoms with van der Waals surface area (Å²) in [5.41, 5.74) is 7.67. The van der Waals surface area contributed by atoms with Crippen LogP contribution in [0.25, 0.3) is 82.4 Å². The van der Waals surface area contributed by atoms with Crippen LogP contribution in [-0.4, -0.2) is 14.4 Å². The Kier molecular flexibility index (Phi) is 4.05. The van der Waals surface area contributed by atoms with Crippen molar-refractivity contribution in [3.05, 3.63) is 127 Å². The van der Waals surface area contributed by atoms with Gasteiger partial charge in [0.15, 0.2) is 5.82 Å². The summed E-state index contributed by atoms with van der Waals surface area (Å²) in [4.78, 5) is 10.2. The molecule has 39 heavy (non-hydrogen) atoms. The minimum Gasteiger partial charge on any atom is -0.308 e. The summed E-state index contributed by atoms with van der Waals surface area (Å²) in [7, 11) is 0. The van der Waals surface area contributed by atoms with E-state index in [1.54, 1.807) is 0 Å². The summed E-state index contributed by atoms with van der Waals surface area (Å²) >= 11 is 0. The predicted octanol–water partition coefficient (Wildman–Crippen LogP) is 9.27. The summed E-state index contributed by atoms with van der Waals surface area (Å²) in [6.45, 7) is 0. The zero-order chi connectivity index (χ0) is 25.5. The average molecular weight is 496 g/mol. The van der Waals surface area contributed by atoms with Gasteiger partial charge in [-0.3, -0.25) is 0 Å². The summed E-state index contributed by atoms with van der Waals surface area (Å²) < 4.78 is 2.44. The molecule has 0 saturated carbocycles. The molecule has 180 valence electrons. The first-order chi connectivity index (χ1) is 19.3. The van der Waals surface area contributed by atoms with Crippen molar-refractivity contribution in [1.29, 1.82) is 0 Å². The van der Waals surface area contributed by atoms with Gasteiger partial charge in [-0.05, 0) is 29.0 Å². The van der Waals surface area contributed by atoms with Crippen LogP contribution < -0.4 is 0 Å². The molecule has 0 fully saturated rings. The zero-order valence-electron chi connectivity index (χ0n) is 21.0. The number of aromatic nitrogens is 3. The van der Waals surface area contributed by atoms with Crippen molar-refractivity contribution in [1.82, 2.24) is 14.4 Å². The highest BCUT2D eigenvalue weighted by Crippen LogP contribution is 2.41. The Morgan fingerprint density at radius 2 is 1.18 bits per heavy atom. The second kappa shape index (κ2) is 7.62. The van der Waals surface area contributed by atoms with Crippen molar-refractivity contribution in [3.63, 3.8) is 0 Å². The van der Waals surface area contributed by atoms with Crippen LogP contribution >= 0.6 is 0 Å². The third kappa shape index (κ3) is 2.82. The van der Waals surface area contributed by atoms with Gasteiger partial charge >= 0.3 is 0 Å². The molecular weight excluding hydrogens is 474 g/mol. The van der Waals surface area contributed by atoms with Crippen LogP contribution in [0.3, 0.4) is 0 Å². The van der Waals surface area contributed by atoms with E-state index in [1.807, 2.05) is 12.1 Å². The zero-order valence-corrected chi connectivity index (χ0v) is 21.0. The molecule has 9 aromatic rings. The first-order valence-corrected chi connectivity index (χ1v) is 13.3. The number of nitrogens with zero attached hydrogens (tertiary/aromatic N) is 3. The van der Waals surface area contributed by atoms with Crippen LogP contribution in [0, 0.1) is 0 Å². The molecule has 0 saturated heterocycles. The van der Waals surface area contributed by atoms with Gasteiger partial charge < -0.3 is 4.40 Å². The second-order valence-electron chi connectivity index (χ2n) is 10.2. The number of rotatable bonds is 2. The Hall–Kier alpha value is -5.28. The standard InChI is InChI=1S/C36H21N3/c1-2-9-23(10-3-1)34-29-13-4-5-17-30(29)37-36(38-34)24-19-20-25-27-15-8-16-28-26-14-6-11-22-12-7-18-31(33(22)26)39(35(27)28)32(25)21-24/h1-21H. The molecule has 0 unspecified atom stereocenters. The molecule has 0 N–H and O–H groups in total. The molecule has 0 aliphatic rings. The van der Waals surface area contributed by atoms with Crippen molar-refractivity contribution in [3.8, 4) is 22.6 Å². The molecule has 3 nitrogen and oxygen atoms in total. The van der Waals surface area contributed by atoms with Crippen LogP contribution in [-0.2, 0) is 0 Å². The van der Waals surface area contributed by atoms with Crippen molar-refractivity contribution in [2.24, 2.45) is 0 Å². The number of hydrogen-bond acceptors (Lipinski definition) is 2. The summed E-state index contributed by atoms with van der Waals surface area (Å²) in [6, 6.07) is 45.3. The van der Waals surface area contributed by atoms with Gasteiger partial charge in [0.1, 0.15) is 0 Å². The molecule has 0 radical (unpaired) electrons. The smallest absolute Gasteiger partial charge is 0.160 e. The highest BCUT2D eigenvalue weighted by molar-refractivity contribution is 6.27. The number of pyridine rings is 1. The predicted molar refractivity (Wildman–Crippen MR) is 163 cm³/mol. The number of hydrogen-bond donors (Lipinski definition) is 0. The van der Waals surface area contributed by atoms with Gasteiger partial charge in [-0.1, -0.05) is 109 Å². The van der Waals surface area contributed by atoms with E-state index in [-0.39, 0.29) is 0 Å². The lowest BCUT2D eigenvalue weighted by Gasteiger charge is -2.13. The van der Waals surface area contributed by atoms with E-state index >= 15 is 0 Å². The normalized spacial score (nSPS) is 12.1. The molecule has 9 rings (SSSR count). The third-order valence-electron chi connectivity index (χ3n) is 8.11. The molecule has 3 heterocycles. The fourth-order valence-corrected chi connectivity index (χ4v) is 6.43. The minimum absolute atomic E-state index is 0.738. The van der Waals surface area contributed by atoms with Crippen molar-refractivity contribution in [2.75, 3.05) is 0 Å². The second-order valence-corrected chi connectivity index (χ2v) is 10.2. The summed E-state index contributed by atoms with van der Waals surface area (Å²) in [5.74, 6) is 0.738. The maximum absolute atomic E-state index is 5.14. The van der Waals surface area contributed by atoms with E-state index < -0.39 is 0 Å². The van der Waals surface area contributed by atoms with E-state index in [9.17, 15) is 0 Å². The van der Waals surface area contributed by atoms with Crippen LogP contribution in [0.2, 0.25) is 0 Å². The Bertz CT molecular complexity index is 2380. The molecule has 3 heteroatoms. The van der Waals surface area contributed by atoms with Gasteiger partial charge in [-0.2, -0.15) is 0 Å². The summed E-state index contributed by atoms with van der Waals surface area (Å²) in [5, 5.41) is 8.71. The Morgan fingerprint density at radius 1 is 0.462 bits per heavy atom. The third-order valence-corrected chi connectivity index (χ3v) is 8.11. The van der Waals surface area contributed by atoms with Crippen LogP contribution in [0.5, 0.6) is 0 Å². The van der Waals surface area contributed by atoms with Crippen molar-refractivity contribution < 1.29 is 0 Å². The lowest BCUT2D eigenvalue weighted by Crippen LogP contribution is -1.95. The fourth-order valence-electron chi connectivity index (χ4n) is 6.43. The van der Waals surface area contributed by atoms with Gasteiger partial charge in [-0.15, -0.1) is 0 Å². The van der Waals surface area contributed by atoms with Crippen LogP contribution in [0.1, 0.15) is 0 Å². The van der Waals surface area contributed by atoms with Gasteiger partial charge in [0.25, 0.3) is 0 Å². The maximum atomic E-state index is 5.14. The molecule has 0 spiro atoms. The largest absolute Gasteiger partial charge is 0.308 e. The monoisotopic (exact) mass is 495 g/mol. The minimum atomic E-state index is 0.738. The molecule has 0 bridgehead atoms. The van der Waals surface area contributed by atoms with Crippen LogP contribution in [0.15, 0.2) is 127 Å². The molecule has 3 aromatic heterocycles. The molecule has 0 aliphatic carbocycles. The lowest BCUT2D eigenvalue weighted by molar-refractivity contribution is 1.23. The summed E-state index contributed by atoms with van der Waals surface area (Å²) in [6.07, 6.45) is 0. The number of fused-ring (bicyclic) bond motifs is 6. The van der Waals surface area contributed by atoms with Crippen molar-refractivity contribution >= 4 is 59.8 Å². The van der Waals surface area contributed by atoms with E-state index in [0.717, 1.165) is 33.5 Å². The fraction of sp³-hybridized carbons (Fsp3) is 0. The maximum Gasteiger partial charge on any atom is 0.160 e. The molecular formula is C36H21N3. The van der Waals surface area contributed by atoms with Gasteiger partial charge in [0.2, 0.25) is 0 Å². The lowest BCUT2D eigenvalue weighted by atomic mass is 9.99.